The molecule has 0 bridgehead atoms. The molecule has 1 saturated carbocycles. The molecule has 1 aliphatic carbocycles. The third kappa shape index (κ3) is 3.03. The lowest BCUT2D eigenvalue weighted by atomic mass is 9.61. The zero-order valence-electron chi connectivity index (χ0n) is 12.4. The van der Waals surface area contributed by atoms with E-state index < -0.39 is 0 Å². The van der Waals surface area contributed by atoms with Gasteiger partial charge in [-0.3, -0.25) is 5.32 Å². The van der Waals surface area contributed by atoms with Crippen molar-refractivity contribution in [2.45, 2.75) is 66.5 Å². The molecule has 2 fully saturated rings. The summed E-state index contributed by atoms with van der Waals surface area (Å²) in [5.74, 6) is 0. The molecule has 0 radical (unpaired) electrons. The standard InChI is InChI=1S/C15H29NO/c1-12(2)7-13(3,4)9-15(8-12)16-10-14(5,6)11-17-15/h16H,7-11H2,1-6H3. The normalized spacial score (nSPS) is 33.5. The van der Waals surface area contributed by atoms with Crippen LogP contribution in [0.2, 0.25) is 0 Å². The Labute approximate surface area is 107 Å². The van der Waals surface area contributed by atoms with Gasteiger partial charge < -0.3 is 4.74 Å². The van der Waals surface area contributed by atoms with Crippen molar-refractivity contribution in [3.05, 3.63) is 0 Å². The summed E-state index contributed by atoms with van der Waals surface area (Å²) in [6.07, 6.45) is 3.56. The first-order valence-electron chi connectivity index (χ1n) is 6.92. The van der Waals surface area contributed by atoms with Gasteiger partial charge in [0, 0.05) is 12.0 Å². The molecule has 0 aromatic rings. The smallest absolute Gasteiger partial charge is 0.120 e. The zero-order chi connectivity index (χ0) is 12.9. The average Bonchev–Trinajstić information content (AvgIpc) is 2.06. The topological polar surface area (TPSA) is 21.3 Å². The maximum atomic E-state index is 6.28. The summed E-state index contributed by atoms with van der Waals surface area (Å²) in [6.45, 7) is 16.0. The summed E-state index contributed by atoms with van der Waals surface area (Å²) in [6, 6.07) is 0. The molecule has 1 spiro atoms. The highest BCUT2D eigenvalue weighted by atomic mass is 16.5. The second kappa shape index (κ2) is 3.71. The number of hydrogen-bond donors (Lipinski definition) is 1. The number of hydrogen-bond acceptors (Lipinski definition) is 2. The van der Waals surface area contributed by atoms with Crippen LogP contribution in [0.1, 0.15) is 60.8 Å². The van der Waals surface area contributed by atoms with Crippen molar-refractivity contribution in [1.82, 2.24) is 5.32 Å². The van der Waals surface area contributed by atoms with Crippen LogP contribution in [0, 0.1) is 16.2 Å². The number of nitrogens with one attached hydrogen (secondary N) is 1. The van der Waals surface area contributed by atoms with E-state index in [4.69, 9.17) is 4.74 Å². The Balaban J connectivity index is 2.15. The highest BCUT2D eigenvalue weighted by Gasteiger charge is 2.50. The van der Waals surface area contributed by atoms with Crippen LogP contribution in [0.15, 0.2) is 0 Å². The van der Waals surface area contributed by atoms with Gasteiger partial charge in [-0.2, -0.15) is 0 Å². The van der Waals surface area contributed by atoms with Gasteiger partial charge in [-0.15, -0.1) is 0 Å². The average molecular weight is 239 g/mol. The summed E-state index contributed by atoms with van der Waals surface area (Å²) in [4.78, 5) is 0. The Kier molecular flexibility index (Phi) is 2.91. The van der Waals surface area contributed by atoms with Crippen molar-refractivity contribution in [1.29, 1.82) is 0 Å². The van der Waals surface area contributed by atoms with Gasteiger partial charge in [-0.1, -0.05) is 41.5 Å². The van der Waals surface area contributed by atoms with E-state index in [1.165, 1.54) is 6.42 Å². The molecule has 1 saturated heterocycles. The van der Waals surface area contributed by atoms with Crippen LogP contribution in [-0.2, 0) is 4.74 Å². The fourth-order valence-electron chi connectivity index (χ4n) is 4.09. The quantitative estimate of drug-likeness (QED) is 0.698. The molecule has 0 aromatic carbocycles. The number of rotatable bonds is 0. The van der Waals surface area contributed by atoms with Gasteiger partial charge in [0.2, 0.25) is 0 Å². The van der Waals surface area contributed by atoms with Crippen LogP contribution in [0.25, 0.3) is 0 Å². The minimum atomic E-state index is -0.0687. The van der Waals surface area contributed by atoms with Crippen molar-refractivity contribution in [2.75, 3.05) is 13.2 Å². The SMILES string of the molecule is CC1(C)CNC2(CC(C)(C)CC(C)(C)C2)OC1. The second-order valence-corrected chi connectivity index (χ2v) is 8.66. The van der Waals surface area contributed by atoms with E-state index in [0.29, 0.717) is 10.8 Å². The Bertz CT molecular complexity index is 276. The molecule has 1 heterocycles. The third-order valence-corrected chi connectivity index (χ3v) is 4.11. The predicted octanol–water partition coefficient (Wildman–Crippen LogP) is 3.57. The Morgan fingerprint density at radius 1 is 0.765 bits per heavy atom. The Morgan fingerprint density at radius 2 is 1.29 bits per heavy atom. The largest absolute Gasteiger partial charge is 0.360 e. The molecule has 2 nitrogen and oxygen atoms in total. The first-order valence-corrected chi connectivity index (χ1v) is 6.92. The van der Waals surface area contributed by atoms with E-state index in [1.54, 1.807) is 0 Å². The van der Waals surface area contributed by atoms with E-state index in [-0.39, 0.29) is 11.1 Å². The third-order valence-electron chi connectivity index (χ3n) is 4.11. The molecule has 2 heteroatoms. The molecule has 2 aliphatic rings. The zero-order valence-corrected chi connectivity index (χ0v) is 12.4. The van der Waals surface area contributed by atoms with Gasteiger partial charge in [0.25, 0.3) is 0 Å². The predicted molar refractivity (Wildman–Crippen MR) is 71.9 cm³/mol. The van der Waals surface area contributed by atoms with Crippen molar-refractivity contribution < 1.29 is 4.74 Å². The summed E-state index contributed by atoms with van der Waals surface area (Å²) < 4.78 is 6.28. The minimum absolute atomic E-state index is 0.0687. The van der Waals surface area contributed by atoms with Gasteiger partial charge in [-0.05, 0) is 30.1 Å². The fraction of sp³-hybridized carbons (Fsp3) is 1.00. The lowest BCUT2D eigenvalue weighted by Gasteiger charge is -2.55. The van der Waals surface area contributed by atoms with Crippen LogP contribution < -0.4 is 5.32 Å². The molecule has 17 heavy (non-hydrogen) atoms. The van der Waals surface area contributed by atoms with E-state index in [0.717, 1.165) is 26.0 Å². The van der Waals surface area contributed by atoms with Crippen LogP contribution in [0.4, 0.5) is 0 Å². The van der Waals surface area contributed by atoms with E-state index >= 15 is 0 Å². The van der Waals surface area contributed by atoms with Crippen molar-refractivity contribution in [3.8, 4) is 0 Å². The Hall–Kier alpha value is -0.0800. The highest BCUT2D eigenvalue weighted by Crippen LogP contribution is 2.51. The van der Waals surface area contributed by atoms with E-state index in [9.17, 15) is 0 Å². The van der Waals surface area contributed by atoms with Gasteiger partial charge >= 0.3 is 0 Å². The van der Waals surface area contributed by atoms with Crippen LogP contribution in [0.3, 0.4) is 0 Å². The van der Waals surface area contributed by atoms with E-state index in [1.807, 2.05) is 0 Å². The monoisotopic (exact) mass is 239 g/mol. The molecule has 0 unspecified atom stereocenters. The van der Waals surface area contributed by atoms with Crippen molar-refractivity contribution in [2.24, 2.45) is 16.2 Å². The minimum Gasteiger partial charge on any atom is -0.360 e. The van der Waals surface area contributed by atoms with Gasteiger partial charge in [0.05, 0.1) is 6.61 Å². The summed E-state index contributed by atoms with van der Waals surface area (Å²) in [5, 5.41) is 3.71. The number of ether oxygens (including phenoxy) is 1. The molecular formula is C15H29NO. The molecule has 1 N–H and O–H groups in total. The van der Waals surface area contributed by atoms with Crippen molar-refractivity contribution >= 4 is 0 Å². The second-order valence-electron chi connectivity index (χ2n) is 8.66. The Morgan fingerprint density at radius 3 is 1.71 bits per heavy atom. The first-order chi connectivity index (χ1) is 7.54. The summed E-state index contributed by atoms with van der Waals surface area (Å²) in [5.41, 5.74) is 0.949. The van der Waals surface area contributed by atoms with Crippen molar-refractivity contribution in [3.63, 3.8) is 0 Å². The van der Waals surface area contributed by atoms with Crippen LogP contribution in [0.5, 0.6) is 0 Å². The highest BCUT2D eigenvalue weighted by molar-refractivity contribution is 5.00. The van der Waals surface area contributed by atoms with Gasteiger partial charge in [0.1, 0.15) is 5.72 Å². The molecular weight excluding hydrogens is 210 g/mol. The summed E-state index contributed by atoms with van der Waals surface area (Å²) in [7, 11) is 0. The molecule has 0 amide bonds. The maximum absolute atomic E-state index is 6.28. The van der Waals surface area contributed by atoms with E-state index in [2.05, 4.69) is 46.9 Å². The molecule has 0 atom stereocenters. The van der Waals surface area contributed by atoms with Crippen LogP contribution in [-0.4, -0.2) is 18.9 Å². The summed E-state index contributed by atoms with van der Waals surface area (Å²) >= 11 is 0. The molecule has 0 aromatic heterocycles. The lowest BCUT2D eigenvalue weighted by Crippen LogP contribution is -2.62. The van der Waals surface area contributed by atoms with Gasteiger partial charge in [-0.25, -0.2) is 0 Å². The first kappa shape index (κ1) is 13.4. The molecule has 1 aliphatic heterocycles. The van der Waals surface area contributed by atoms with Gasteiger partial charge in [0.15, 0.2) is 0 Å². The maximum Gasteiger partial charge on any atom is 0.120 e. The molecule has 100 valence electrons. The lowest BCUT2D eigenvalue weighted by molar-refractivity contribution is -0.193. The fourth-order valence-corrected chi connectivity index (χ4v) is 4.09. The van der Waals surface area contributed by atoms with Crippen LogP contribution >= 0.6 is 0 Å². The molecule has 2 rings (SSSR count).